The molecule has 0 aromatic carbocycles. The summed E-state index contributed by atoms with van der Waals surface area (Å²) in [4.78, 5) is 3.67. The van der Waals surface area contributed by atoms with Crippen LogP contribution in [0.2, 0.25) is 4.47 Å². The van der Waals surface area contributed by atoms with E-state index < -0.39 is 10.0 Å². The summed E-state index contributed by atoms with van der Waals surface area (Å²) in [5.74, 6) is 0. The van der Waals surface area contributed by atoms with Gasteiger partial charge in [-0.25, -0.2) is 13.4 Å². The molecule has 0 atom stereocenters. The number of hydrogen-bond acceptors (Lipinski definition) is 6. The molecule has 0 aliphatic heterocycles. The SMILES string of the molecule is N#CCCN(CCC#N)S(=O)(=O)c1cnc(Cl)s1. The molecule has 0 saturated heterocycles. The van der Waals surface area contributed by atoms with Gasteiger partial charge in [0.15, 0.2) is 8.68 Å². The molecule has 6 nitrogen and oxygen atoms in total. The molecule has 1 aromatic rings. The lowest BCUT2D eigenvalue weighted by molar-refractivity contribution is 0.426. The van der Waals surface area contributed by atoms with Gasteiger partial charge in [-0.3, -0.25) is 0 Å². The highest BCUT2D eigenvalue weighted by molar-refractivity contribution is 7.91. The number of hydrogen-bond donors (Lipinski definition) is 0. The molecule has 96 valence electrons. The fourth-order valence-corrected chi connectivity index (χ4v) is 4.08. The molecule has 1 heterocycles. The fourth-order valence-electron chi connectivity index (χ4n) is 1.19. The van der Waals surface area contributed by atoms with Gasteiger partial charge in [-0.2, -0.15) is 14.8 Å². The van der Waals surface area contributed by atoms with Gasteiger partial charge in [-0.15, -0.1) is 0 Å². The van der Waals surface area contributed by atoms with Gasteiger partial charge in [0.05, 0.1) is 18.3 Å². The van der Waals surface area contributed by atoms with Crippen LogP contribution in [0.15, 0.2) is 10.4 Å². The fraction of sp³-hybridized carbons (Fsp3) is 0.444. The summed E-state index contributed by atoms with van der Waals surface area (Å²) >= 11 is 6.45. The topological polar surface area (TPSA) is 97.9 Å². The molecule has 0 saturated carbocycles. The van der Waals surface area contributed by atoms with Gasteiger partial charge in [0.2, 0.25) is 0 Å². The second kappa shape index (κ2) is 6.66. The number of halogens is 1. The van der Waals surface area contributed by atoms with Crippen LogP contribution in [0.1, 0.15) is 12.8 Å². The van der Waals surface area contributed by atoms with E-state index >= 15 is 0 Å². The third kappa shape index (κ3) is 3.65. The van der Waals surface area contributed by atoms with Gasteiger partial charge >= 0.3 is 0 Å². The molecule has 0 N–H and O–H groups in total. The standard InChI is InChI=1S/C9H9ClN4O2S2/c10-9-13-7-8(17-9)18(15,16)14(5-1-3-11)6-2-4-12/h7H,1-2,5-6H2. The molecule has 0 spiro atoms. The molecule has 0 unspecified atom stereocenters. The third-order valence-electron chi connectivity index (χ3n) is 2.00. The summed E-state index contributed by atoms with van der Waals surface area (Å²) in [5, 5.41) is 17.0. The van der Waals surface area contributed by atoms with Crippen molar-refractivity contribution in [1.82, 2.24) is 9.29 Å². The van der Waals surface area contributed by atoms with Crippen molar-refractivity contribution < 1.29 is 8.42 Å². The van der Waals surface area contributed by atoms with Crippen molar-refractivity contribution in [1.29, 1.82) is 10.5 Å². The first-order valence-electron chi connectivity index (χ1n) is 4.87. The molecule has 1 aromatic heterocycles. The highest BCUT2D eigenvalue weighted by Gasteiger charge is 2.26. The van der Waals surface area contributed by atoms with Crippen LogP contribution < -0.4 is 0 Å². The van der Waals surface area contributed by atoms with Crippen molar-refractivity contribution in [3.05, 3.63) is 10.7 Å². The summed E-state index contributed by atoms with van der Waals surface area (Å²) in [6.45, 7) is 0.103. The number of nitriles is 2. The van der Waals surface area contributed by atoms with Crippen LogP contribution >= 0.6 is 22.9 Å². The Morgan fingerprint density at radius 2 is 1.89 bits per heavy atom. The Kier molecular flexibility index (Phi) is 5.51. The first-order valence-corrected chi connectivity index (χ1v) is 7.51. The highest BCUT2D eigenvalue weighted by Crippen LogP contribution is 2.25. The molecule has 0 bridgehead atoms. The smallest absolute Gasteiger partial charge is 0.232 e. The van der Waals surface area contributed by atoms with Gasteiger partial charge in [0.25, 0.3) is 10.0 Å². The number of thiazole rings is 1. The molecule has 0 aliphatic rings. The zero-order chi connectivity index (χ0) is 13.6. The zero-order valence-electron chi connectivity index (χ0n) is 9.21. The van der Waals surface area contributed by atoms with Crippen molar-refractivity contribution in [2.45, 2.75) is 17.1 Å². The molecular formula is C9H9ClN4O2S2. The predicted molar refractivity (Wildman–Crippen MR) is 66.3 cm³/mol. The zero-order valence-corrected chi connectivity index (χ0v) is 11.6. The first kappa shape index (κ1) is 14.9. The van der Waals surface area contributed by atoms with Gasteiger partial charge in [0.1, 0.15) is 0 Å². The average molecular weight is 305 g/mol. The molecule has 18 heavy (non-hydrogen) atoms. The van der Waals surface area contributed by atoms with E-state index in [4.69, 9.17) is 22.1 Å². The summed E-state index contributed by atoms with van der Waals surface area (Å²) in [6, 6.07) is 3.75. The van der Waals surface area contributed by atoms with E-state index in [1.807, 2.05) is 12.1 Å². The van der Waals surface area contributed by atoms with Crippen LogP contribution in [0.5, 0.6) is 0 Å². The number of nitrogens with zero attached hydrogens (tertiary/aromatic N) is 4. The van der Waals surface area contributed by atoms with Crippen LogP contribution in [0.4, 0.5) is 0 Å². The number of aromatic nitrogens is 1. The van der Waals surface area contributed by atoms with Crippen LogP contribution in [0.25, 0.3) is 0 Å². The van der Waals surface area contributed by atoms with E-state index in [2.05, 4.69) is 4.98 Å². The lowest BCUT2D eigenvalue weighted by atomic mass is 10.4. The van der Waals surface area contributed by atoms with Crippen LogP contribution in [-0.4, -0.2) is 30.8 Å². The minimum Gasteiger partial charge on any atom is -0.232 e. The Labute approximate surface area is 114 Å². The van der Waals surface area contributed by atoms with E-state index in [0.29, 0.717) is 0 Å². The van der Waals surface area contributed by atoms with Crippen molar-refractivity contribution in [2.75, 3.05) is 13.1 Å². The molecule has 1 rings (SSSR count). The van der Waals surface area contributed by atoms with Crippen molar-refractivity contribution in [2.24, 2.45) is 0 Å². The maximum atomic E-state index is 12.2. The maximum absolute atomic E-state index is 12.2. The maximum Gasteiger partial charge on any atom is 0.254 e. The monoisotopic (exact) mass is 304 g/mol. The number of sulfonamides is 1. The lowest BCUT2D eigenvalue weighted by Crippen LogP contribution is -2.32. The quantitative estimate of drug-likeness (QED) is 0.795. The van der Waals surface area contributed by atoms with Gasteiger partial charge in [-0.1, -0.05) is 22.9 Å². The highest BCUT2D eigenvalue weighted by atomic mass is 35.5. The molecule has 9 heteroatoms. The van der Waals surface area contributed by atoms with Crippen LogP contribution in [0, 0.1) is 22.7 Å². The predicted octanol–water partition coefficient (Wildman–Crippen LogP) is 1.61. The normalized spacial score (nSPS) is 11.1. The minimum absolute atomic E-state index is 0.0170. The molecule has 0 amide bonds. The Morgan fingerprint density at radius 1 is 1.33 bits per heavy atom. The number of rotatable bonds is 6. The Morgan fingerprint density at radius 3 is 2.28 bits per heavy atom. The van der Waals surface area contributed by atoms with E-state index in [1.54, 1.807) is 0 Å². The molecule has 0 radical (unpaired) electrons. The van der Waals surface area contributed by atoms with Crippen LogP contribution in [0.3, 0.4) is 0 Å². The lowest BCUT2D eigenvalue weighted by Gasteiger charge is -2.18. The second-order valence-corrected chi connectivity index (χ2v) is 6.93. The Balaban J connectivity index is 2.96. The molecule has 0 fully saturated rings. The van der Waals surface area contributed by atoms with Crippen molar-refractivity contribution in [3.8, 4) is 12.1 Å². The largest absolute Gasteiger partial charge is 0.254 e. The van der Waals surface area contributed by atoms with Crippen LogP contribution in [-0.2, 0) is 10.0 Å². The van der Waals surface area contributed by atoms with Crippen molar-refractivity contribution in [3.63, 3.8) is 0 Å². The van der Waals surface area contributed by atoms with E-state index in [1.165, 1.54) is 6.20 Å². The Hall–Kier alpha value is -1.19. The van der Waals surface area contributed by atoms with E-state index in [9.17, 15) is 8.42 Å². The van der Waals surface area contributed by atoms with Gasteiger partial charge < -0.3 is 0 Å². The minimum atomic E-state index is -3.72. The van der Waals surface area contributed by atoms with Gasteiger partial charge in [-0.05, 0) is 0 Å². The average Bonchev–Trinajstić information content (AvgIpc) is 2.76. The summed E-state index contributed by atoms with van der Waals surface area (Å²) in [7, 11) is -3.72. The van der Waals surface area contributed by atoms with E-state index in [0.717, 1.165) is 15.6 Å². The summed E-state index contributed by atoms with van der Waals surface area (Å²) < 4.78 is 25.6. The third-order valence-corrected chi connectivity index (χ3v) is 5.45. The molecular weight excluding hydrogens is 296 g/mol. The summed E-state index contributed by atoms with van der Waals surface area (Å²) in [5.41, 5.74) is 0. The summed E-state index contributed by atoms with van der Waals surface area (Å²) in [6.07, 6.45) is 1.31. The Bertz CT molecular complexity index is 566. The molecule has 0 aliphatic carbocycles. The van der Waals surface area contributed by atoms with Gasteiger partial charge in [0, 0.05) is 25.9 Å². The van der Waals surface area contributed by atoms with E-state index in [-0.39, 0.29) is 34.6 Å². The second-order valence-electron chi connectivity index (χ2n) is 3.15. The van der Waals surface area contributed by atoms with Crippen molar-refractivity contribution >= 4 is 33.0 Å². The first-order chi connectivity index (χ1) is 8.52.